The molecule has 1 aromatic rings. The smallest absolute Gasteiger partial charge is 0.273 e. The Morgan fingerprint density at radius 2 is 2.33 bits per heavy atom. The van der Waals surface area contributed by atoms with Crippen LogP contribution in [0.5, 0.6) is 0 Å². The van der Waals surface area contributed by atoms with Gasteiger partial charge < -0.3 is 15.8 Å². The molecule has 0 aliphatic carbocycles. The molecule has 0 amide bonds. The number of ether oxygens (including phenoxy) is 1. The lowest BCUT2D eigenvalue weighted by molar-refractivity contribution is -0.384. The maximum absolute atomic E-state index is 10.7. The number of hydrogen-bond donors (Lipinski definition) is 2. The van der Waals surface area contributed by atoms with Crippen molar-refractivity contribution in [3.05, 3.63) is 28.3 Å². The molecule has 1 saturated heterocycles. The number of nitrogens with zero attached hydrogens (tertiary/aromatic N) is 1. The molecule has 1 aromatic carbocycles. The predicted octanol–water partition coefficient (Wildman–Crippen LogP) is 2.01. The van der Waals surface area contributed by atoms with Crippen LogP contribution in [-0.4, -0.2) is 24.2 Å². The average Bonchev–Trinajstić information content (AvgIpc) is 2.71. The molecule has 1 fully saturated rings. The summed E-state index contributed by atoms with van der Waals surface area (Å²) in [5, 5.41) is 13.9. The highest BCUT2D eigenvalue weighted by atomic mass is 16.6. The average molecular weight is 251 g/mol. The number of nitrogens with one attached hydrogen (secondary N) is 1. The van der Waals surface area contributed by atoms with Gasteiger partial charge in [0.15, 0.2) is 0 Å². The van der Waals surface area contributed by atoms with E-state index < -0.39 is 4.92 Å². The Labute approximate surface area is 105 Å². The molecule has 2 unspecified atom stereocenters. The minimum atomic E-state index is -0.442. The number of nitro benzene ring substituents is 1. The molecule has 2 atom stereocenters. The summed E-state index contributed by atoms with van der Waals surface area (Å²) in [5.74, 6) is 0.436. The first-order valence-electron chi connectivity index (χ1n) is 5.96. The lowest BCUT2D eigenvalue weighted by Gasteiger charge is -2.15. The van der Waals surface area contributed by atoms with Gasteiger partial charge in [0.05, 0.1) is 11.0 Å². The molecule has 1 aliphatic rings. The first kappa shape index (κ1) is 12.6. The van der Waals surface area contributed by atoms with Gasteiger partial charge >= 0.3 is 0 Å². The molecule has 0 aromatic heterocycles. The number of nitro groups is 1. The van der Waals surface area contributed by atoms with Crippen LogP contribution < -0.4 is 11.1 Å². The zero-order valence-corrected chi connectivity index (χ0v) is 10.3. The van der Waals surface area contributed by atoms with Crippen LogP contribution in [0.1, 0.15) is 13.3 Å². The van der Waals surface area contributed by atoms with Gasteiger partial charge in [0.2, 0.25) is 0 Å². The molecular formula is C12H17N3O3. The first-order chi connectivity index (χ1) is 8.56. The van der Waals surface area contributed by atoms with E-state index in [4.69, 9.17) is 10.5 Å². The van der Waals surface area contributed by atoms with Crippen molar-refractivity contribution in [3.8, 4) is 0 Å². The van der Waals surface area contributed by atoms with Gasteiger partial charge in [0.1, 0.15) is 0 Å². The Hall–Kier alpha value is -1.82. The maximum Gasteiger partial charge on any atom is 0.273 e. The molecule has 0 bridgehead atoms. The van der Waals surface area contributed by atoms with Crippen molar-refractivity contribution in [2.24, 2.45) is 5.92 Å². The van der Waals surface area contributed by atoms with Gasteiger partial charge in [-0.1, -0.05) is 0 Å². The van der Waals surface area contributed by atoms with Crippen molar-refractivity contribution in [1.82, 2.24) is 0 Å². The second-order valence-electron chi connectivity index (χ2n) is 4.58. The van der Waals surface area contributed by atoms with E-state index in [1.807, 2.05) is 6.92 Å². The summed E-state index contributed by atoms with van der Waals surface area (Å²) in [7, 11) is 0. The summed E-state index contributed by atoms with van der Waals surface area (Å²) in [4.78, 5) is 10.3. The standard InChI is InChI=1S/C12H17N3O3/c1-8-9(2-3-18-8)7-14-11-4-10(13)5-12(6-11)15(16)17/h4-6,8-9,14H,2-3,7,13H2,1H3. The summed E-state index contributed by atoms with van der Waals surface area (Å²) >= 11 is 0. The highest BCUT2D eigenvalue weighted by Crippen LogP contribution is 2.25. The molecule has 1 heterocycles. The number of nitrogens with two attached hydrogens (primary N) is 1. The van der Waals surface area contributed by atoms with Crippen molar-refractivity contribution in [1.29, 1.82) is 0 Å². The molecular weight excluding hydrogens is 234 g/mol. The highest BCUT2D eigenvalue weighted by Gasteiger charge is 2.23. The Kier molecular flexibility index (Phi) is 3.66. The lowest BCUT2D eigenvalue weighted by Crippen LogP contribution is -2.20. The van der Waals surface area contributed by atoms with Gasteiger partial charge in [-0.25, -0.2) is 0 Å². The van der Waals surface area contributed by atoms with Crippen LogP contribution in [0.3, 0.4) is 0 Å². The summed E-state index contributed by atoms with van der Waals surface area (Å²) in [6.45, 7) is 3.56. The van der Waals surface area contributed by atoms with E-state index >= 15 is 0 Å². The number of anilines is 2. The monoisotopic (exact) mass is 251 g/mol. The van der Waals surface area contributed by atoms with Crippen LogP contribution in [0.2, 0.25) is 0 Å². The lowest BCUT2D eigenvalue weighted by atomic mass is 10.0. The SMILES string of the molecule is CC1OCCC1CNc1cc(N)cc([N+](=O)[O-])c1. The van der Waals surface area contributed by atoms with Gasteiger partial charge in [-0.2, -0.15) is 0 Å². The molecule has 6 nitrogen and oxygen atoms in total. The van der Waals surface area contributed by atoms with Crippen molar-refractivity contribution in [2.45, 2.75) is 19.4 Å². The van der Waals surface area contributed by atoms with E-state index in [2.05, 4.69) is 5.32 Å². The van der Waals surface area contributed by atoms with Crippen LogP contribution >= 0.6 is 0 Å². The van der Waals surface area contributed by atoms with Crippen molar-refractivity contribution < 1.29 is 9.66 Å². The fourth-order valence-corrected chi connectivity index (χ4v) is 2.14. The number of non-ortho nitro benzene ring substituents is 1. The van der Waals surface area contributed by atoms with Crippen LogP contribution in [0, 0.1) is 16.0 Å². The van der Waals surface area contributed by atoms with E-state index in [9.17, 15) is 10.1 Å². The normalized spacial score (nSPS) is 22.9. The third kappa shape index (κ3) is 2.89. The molecule has 0 radical (unpaired) electrons. The van der Waals surface area contributed by atoms with Gasteiger partial charge in [-0.05, 0) is 19.4 Å². The van der Waals surface area contributed by atoms with Crippen molar-refractivity contribution in [2.75, 3.05) is 24.2 Å². The molecule has 0 spiro atoms. The number of benzene rings is 1. The van der Waals surface area contributed by atoms with E-state index in [0.717, 1.165) is 19.6 Å². The van der Waals surface area contributed by atoms with Crippen LogP contribution in [0.15, 0.2) is 18.2 Å². The van der Waals surface area contributed by atoms with E-state index in [-0.39, 0.29) is 11.8 Å². The van der Waals surface area contributed by atoms with E-state index in [1.54, 1.807) is 6.07 Å². The van der Waals surface area contributed by atoms with E-state index in [0.29, 0.717) is 17.3 Å². The molecule has 3 N–H and O–H groups in total. The topological polar surface area (TPSA) is 90.4 Å². The largest absolute Gasteiger partial charge is 0.398 e. The van der Waals surface area contributed by atoms with Crippen LogP contribution in [0.4, 0.5) is 17.1 Å². The summed E-state index contributed by atoms with van der Waals surface area (Å²) in [5.41, 5.74) is 6.72. The Bertz CT molecular complexity index is 450. The maximum atomic E-state index is 10.7. The Morgan fingerprint density at radius 3 is 2.94 bits per heavy atom. The van der Waals surface area contributed by atoms with E-state index in [1.165, 1.54) is 12.1 Å². The van der Waals surface area contributed by atoms with Crippen LogP contribution in [0.25, 0.3) is 0 Å². The molecule has 0 saturated carbocycles. The second-order valence-corrected chi connectivity index (χ2v) is 4.58. The summed E-state index contributed by atoms with van der Waals surface area (Å²) in [6.07, 6.45) is 1.24. The minimum Gasteiger partial charge on any atom is -0.398 e. The van der Waals surface area contributed by atoms with Gasteiger partial charge in [-0.15, -0.1) is 0 Å². The highest BCUT2D eigenvalue weighted by molar-refractivity contribution is 5.61. The molecule has 2 rings (SSSR count). The minimum absolute atomic E-state index is 0.00761. The number of rotatable bonds is 4. The zero-order valence-electron chi connectivity index (χ0n) is 10.3. The fraction of sp³-hybridized carbons (Fsp3) is 0.500. The van der Waals surface area contributed by atoms with Crippen LogP contribution in [-0.2, 0) is 4.74 Å². The van der Waals surface area contributed by atoms with Gasteiger partial charge in [0.25, 0.3) is 5.69 Å². The summed E-state index contributed by atoms with van der Waals surface area (Å²) in [6, 6.07) is 4.55. The third-order valence-electron chi connectivity index (χ3n) is 3.25. The second kappa shape index (κ2) is 5.22. The predicted molar refractivity (Wildman–Crippen MR) is 69.5 cm³/mol. The zero-order chi connectivity index (χ0) is 13.1. The number of nitrogen functional groups attached to an aromatic ring is 1. The first-order valence-corrected chi connectivity index (χ1v) is 5.96. The van der Waals surface area contributed by atoms with Gasteiger partial charge in [-0.3, -0.25) is 10.1 Å². The Morgan fingerprint density at radius 1 is 1.56 bits per heavy atom. The summed E-state index contributed by atoms with van der Waals surface area (Å²) < 4.78 is 5.47. The van der Waals surface area contributed by atoms with Crippen molar-refractivity contribution >= 4 is 17.1 Å². The molecule has 18 heavy (non-hydrogen) atoms. The van der Waals surface area contributed by atoms with Gasteiger partial charge in [0, 0.05) is 42.6 Å². The number of hydrogen-bond acceptors (Lipinski definition) is 5. The Balaban J connectivity index is 2.02. The molecule has 98 valence electrons. The fourth-order valence-electron chi connectivity index (χ4n) is 2.14. The quantitative estimate of drug-likeness (QED) is 0.485. The molecule has 1 aliphatic heterocycles. The molecule has 6 heteroatoms. The third-order valence-corrected chi connectivity index (χ3v) is 3.25. The van der Waals surface area contributed by atoms with Crippen molar-refractivity contribution in [3.63, 3.8) is 0 Å².